The normalized spacial score (nSPS) is 21.3. The summed E-state index contributed by atoms with van der Waals surface area (Å²) in [5, 5.41) is 6.93. The number of rotatable bonds is 7. The van der Waals surface area contributed by atoms with Crippen LogP contribution in [-0.2, 0) is 4.79 Å². The Kier molecular flexibility index (Phi) is 7.78. The average molecular weight is 401 g/mol. The highest BCUT2D eigenvalue weighted by Crippen LogP contribution is 2.28. The molecule has 2 aliphatic rings. The summed E-state index contributed by atoms with van der Waals surface area (Å²) in [5.74, 6) is 2.80. The third kappa shape index (κ3) is 5.87. The van der Waals surface area contributed by atoms with Gasteiger partial charge in [0.05, 0.1) is 7.11 Å². The standard InChI is InChI=1S/C23H36N4O2/c1-17(18-8-10-21(29-3)11-9-18)12-14-25-23(24-2)26-20-13-15-27(16-20)22(28)19-6-4-5-7-19/h8-11,17,19-20H,4-7,12-16H2,1-3H3,(H2,24,25,26). The van der Waals surface area contributed by atoms with Crippen LogP contribution in [0.4, 0.5) is 0 Å². The molecule has 2 N–H and O–H groups in total. The maximum atomic E-state index is 12.6. The van der Waals surface area contributed by atoms with Crippen molar-refractivity contribution in [3.63, 3.8) is 0 Å². The van der Waals surface area contributed by atoms with E-state index in [9.17, 15) is 4.79 Å². The molecule has 0 spiro atoms. The molecule has 2 unspecified atom stereocenters. The lowest BCUT2D eigenvalue weighted by Crippen LogP contribution is -2.45. The number of nitrogens with one attached hydrogen (secondary N) is 2. The van der Waals surface area contributed by atoms with Crippen molar-refractivity contribution in [2.24, 2.45) is 10.9 Å². The SMILES string of the molecule is CN=C(NCCC(C)c1ccc(OC)cc1)NC1CCN(C(=O)C2CCCC2)C1. The number of benzene rings is 1. The van der Waals surface area contributed by atoms with E-state index in [-0.39, 0.29) is 12.0 Å². The van der Waals surface area contributed by atoms with E-state index in [1.54, 1.807) is 14.2 Å². The minimum Gasteiger partial charge on any atom is -0.497 e. The number of hydrogen-bond acceptors (Lipinski definition) is 3. The molecule has 1 heterocycles. The third-order valence-electron chi connectivity index (χ3n) is 6.32. The van der Waals surface area contributed by atoms with Crippen LogP contribution in [-0.4, -0.2) is 56.6 Å². The maximum absolute atomic E-state index is 12.6. The predicted octanol–water partition coefficient (Wildman–Crippen LogP) is 3.14. The summed E-state index contributed by atoms with van der Waals surface area (Å²) in [6.07, 6.45) is 6.56. The van der Waals surface area contributed by atoms with Gasteiger partial charge < -0.3 is 20.3 Å². The molecule has 1 amide bonds. The lowest BCUT2D eigenvalue weighted by Gasteiger charge is -2.22. The van der Waals surface area contributed by atoms with Crippen molar-refractivity contribution in [3.8, 4) is 5.75 Å². The molecule has 1 saturated carbocycles. The van der Waals surface area contributed by atoms with E-state index in [2.05, 4.69) is 34.7 Å². The molecule has 0 radical (unpaired) electrons. The molecule has 1 aliphatic heterocycles. The zero-order chi connectivity index (χ0) is 20.6. The van der Waals surface area contributed by atoms with E-state index in [1.807, 2.05) is 17.0 Å². The summed E-state index contributed by atoms with van der Waals surface area (Å²) in [6, 6.07) is 8.57. The zero-order valence-corrected chi connectivity index (χ0v) is 18.1. The molecular formula is C23H36N4O2. The third-order valence-corrected chi connectivity index (χ3v) is 6.32. The minimum absolute atomic E-state index is 0.269. The minimum atomic E-state index is 0.269. The van der Waals surface area contributed by atoms with Crippen LogP contribution in [0.2, 0.25) is 0 Å². The number of hydrogen-bond donors (Lipinski definition) is 2. The molecule has 1 saturated heterocycles. The lowest BCUT2D eigenvalue weighted by molar-refractivity contribution is -0.134. The maximum Gasteiger partial charge on any atom is 0.225 e. The Labute approximate surface area is 175 Å². The number of nitrogens with zero attached hydrogens (tertiary/aromatic N) is 2. The van der Waals surface area contributed by atoms with Gasteiger partial charge in [-0.3, -0.25) is 9.79 Å². The molecule has 6 nitrogen and oxygen atoms in total. The van der Waals surface area contributed by atoms with Crippen LogP contribution in [0, 0.1) is 5.92 Å². The van der Waals surface area contributed by atoms with E-state index < -0.39 is 0 Å². The molecule has 2 fully saturated rings. The summed E-state index contributed by atoms with van der Waals surface area (Å²) in [7, 11) is 3.49. The molecule has 1 aromatic carbocycles. The summed E-state index contributed by atoms with van der Waals surface area (Å²) in [4.78, 5) is 19.0. The fourth-order valence-corrected chi connectivity index (χ4v) is 4.40. The molecule has 1 aromatic rings. The van der Waals surface area contributed by atoms with E-state index in [0.717, 1.165) is 57.0 Å². The Hall–Kier alpha value is -2.24. The number of guanidine groups is 1. The van der Waals surface area contributed by atoms with Gasteiger partial charge in [-0.25, -0.2) is 0 Å². The van der Waals surface area contributed by atoms with Crippen molar-refractivity contribution in [1.29, 1.82) is 0 Å². The highest BCUT2D eigenvalue weighted by Gasteiger charge is 2.32. The number of likely N-dealkylation sites (tertiary alicyclic amines) is 1. The first kappa shape index (κ1) is 21.5. The van der Waals surface area contributed by atoms with E-state index in [4.69, 9.17) is 4.74 Å². The van der Waals surface area contributed by atoms with Crippen molar-refractivity contribution in [1.82, 2.24) is 15.5 Å². The van der Waals surface area contributed by atoms with Gasteiger partial charge in [0, 0.05) is 38.6 Å². The average Bonchev–Trinajstić information content (AvgIpc) is 3.45. The Balaban J connectivity index is 1.39. The van der Waals surface area contributed by atoms with E-state index in [1.165, 1.54) is 18.4 Å². The Morgan fingerprint density at radius 2 is 1.97 bits per heavy atom. The second kappa shape index (κ2) is 10.5. The van der Waals surface area contributed by atoms with Crippen molar-refractivity contribution in [3.05, 3.63) is 29.8 Å². The zero-order valence-electron chi connectivity index (χ0n) is 18.1. The van der Waals surface area contributed by atoms with Gasteiger partial charge in [0.1, 0.15) is 5.75 Å². The quantitative estimate of drug-likeness (QED) is 0.545. The molecule has 3 rings (SSSR count). The van der Waals surface area contributed by atoms with Gasteiger partial charge >= 0.3 is 0 Å². The molecular weight excluding hydrogens is 364 g/mol. The number of amides is 1. The van der Waals surface area contributed by atoms with Crippen molar-refractivity contribution < 1.29 is 9.53 Å². The van der Waals surface area contributed by atoms with Gasteiger partial charge in [0.2, 0.25) is 5.91 Å². The topological polar surface area (TPSA) is 66.0 Å². The second-order valence-corrected chi connectivity index (χ2v) is 8.36. The second-order valence-electron chi connectivity index (χ2n) is 8.36. The molecule has 29 heavy (non-hydrogen) atoms. The monoisotopic (exact) mass is 400 g/mol. The van der Waals surface area contributed by atoms with E-state index in [0.29, 0.717) is 11.8 Å². The van der Waals surface area contributed by atoms with Crippen molar-refractivity contribution in [2.75, 3.05) is 33.8 Å². The summed E-state index contributed by atoms with van der Waals surface area (Å²) in [6.45, 7) is 4.74. The number of methoxy groups -OCH3 is 1. The first-order valence-electron chi connectivity index (χ1n) is 11.0. The highest BCUT2D eigenvalue weighted by molar-refractivity contribution is 5.81. The molecule has 0 aromatic heterocycles. The largest absolute Gasteiger partial charge is 0.497 e. The fourth-order valence-electron chi connectivity index (χ4n) is 4.40. The Morgan fingerprint density at radius 3 is 2.62 bits per heavy atom. The van der Waals surface area contributed by atoms with Gasteiger partial charge in [-0.1, -0.05) is 31.9 Å². The summed E-state index contributed by atoms with van der Waals surface area (Å²) in [5.41, 5.74) is 1.31. The van der Waals surface area contributed by atoms with Gasteiger partial charge in [-0.15, -0.1) is 0 Å². The van der Waals surface area contributed by atoms with Crippen molar-refractivity contribution >= 4 is 11.9 Å². The van der Waals surface area contributed by atoms with Crippen molar-refractivity contribution in [2.45, 2.75) is 57.4 Å². The first-order valence-corrected chi connectivity index (χ1v) is 11.0. The lowest BCUT2D eigenvalue weighted by atomic mass is 9.98. The van der Waals surface area contributed by atoms with Crippen LogP contribution in [0.15, 0.2) is 29.3 Å². The molecule has 1 aliphatic carbocycles. The molecule has 160 valence electrons. The van der Waals surface area contributed by atoms with Crippen LogP contribution >= 0.6 is 0 Å². The van der Waals surface area contributed by atoms with Gasteiger partial charge in [0.25, 0.3) is 0 Å². The molecule has 2 atom stereocenters. The predicted molar refractivity (Wildman–Crippen MR) is 117 cm³/mol. The van der Waals surface area contributed by atoms with Crippen LogP contribution in [0.5, 0.6) is 5.75 Å². The van der Waals surface area contributed by atoms with E-state index >= 15 is 0 Å². The molecule has 6 heteroatoms. The highest BCUT2D eigenvalue weighted by atomic mass is 16.5. The number of carbonyl (C=O) groups excluding carboxylic acids is 1. The van der Waals surface area contributed by atoms with Crippen LogP contribution < -0.4 is 15.4 Å². The summed E-state index contributed by atoms with van der Waals surface area (Å²) >= 11 is 0. The Bertz CT molecular complexity index is 683. The Morgan fingerprint density at radius 1 is 1.24 bits per heavy atom. The molecule has 0 bridgehead atoms. The number of aliphatic imine (C=N–C) groups is 1. The van der Waals surface area contributed by atoms with Gasteiger partial charge in [-0.2, -0.15) is 0 Å². The van der Waals surface area contributed by atoms with Gasteiger partial charge in [-0.05, 0) is 49.3 Å². The number of carbonyl (C=O) groups is 1. The van der Waals surface area contributed by atoms with Gasteiger partial charge in [0.15, 0.2) is 5.96 Å². The van der Waals surface area contributed by atoms with Crippen LogP contribution in [0.3, 0.4) is 0 Å². The fraction of sp³-hybridized carbons (Fsp3) is 0.652. The first-order chi connectivity index (χ1) is 14.1. The summed E-state index contributed by atoms with van der Waals surface area (Å²) < 4.78 is 5.23. The van der Waals surface area contributed by atoms with Crippen LogP contribution in [0.25, 0.3) is 0 Å². The number of ether oxygens (including phenoxy) is 1. The van der Waals surface area contributed by atoms with Crippen LogP contribution in [0.1, 0.15) is 56.9 Å². The smallest absolute Gasteiger partial charge is 0.225 e.